The van der Waals surface area contributed by atoms with Gasteiger partial charge in [-0.05, 0) is 50.3 Å². The van der Waals surface area contributed by atoms with E-state index in [1.54, 1.807) is 4.31 Å². The summed E-state index contributed by atoms with van der Waals surface area (Å²) < 4.78 is 27.7. The van der Waals surface area contributed by atoms with Gasteiger partial charge in [0.25, 0.3) is 10.0 Å². The fraction of sp³-hybridized carbons (Fsp3) is 0.714. The lowest BCUT2D eigenvalue weighted by molar-refractivity contribution is 0.447. The largest absolute Gasteiger partial charge is 0.315 e. The van der Waals surface area contributed by atoms with Gasteiger partial charge in [-0.3, -0.25) is 0 Å². The monoisotopic (exact) mass is 314 g/mol. The normalized spacial score (nSPS) is 27.1. The van der Waals surface area contributed by atoms with Crippen LogP contribution in [0.3, 0.4) is 0 Å². The van der Waals surface area contributed by atoms with E-state index in [9.17, 15) is 8.42 Å². The van der Waals surface area contributed by atoms with Gasteiger partial charge < -0.3 is 5.32 Å². The first-order valence-corrected chi connectivity index (χ1v) is 9.52. The summed E-state index contributed by atoms with van der Waals surface area (Å²) in [5.41, 5.74) is 1.07. The zero-order valence-corrected chi connectivity index (χ0v) is 13.7. The third-order valence-corrected chi connectivity index (χ3v) is 8.14. The number of hydrogen-bond acceptors (Lipinski definition) is 4. The highest BCUT2D eigenvalue weighted by molar-refractivity contribution is 7.91. The Morgan fingerprint density at radius 2 is 2.00 bits per heavy atom. The van der Waals surface area contributed by atoms with Crippen molar-refractivity contribution >= 4 is 21.4 Å². The molecule has 0 radical (unpaired) electrons. The van der Waals surface area contributed by atoms with Crippen molar-refractivity contribution < 1.29 is 8.42 Å². The molecule has 0 spiro atoms. The summed E-state index contributed by atoms with van der Waals surface area (Å²) in [5, 5.41) is 3.09. The maximum absolute atomic E-state index is 12.8. The SMILES string of the molecule is CNCc1sc(S(=O)(=O)N2CC3CCCC3C2)cc1C. The second-order valence-corrected chi connectivity index (χ2v) is 9.28. The van der Waals surface area contributed by atoms with Crippen LogP contribution in [-0.4, -0.2) is 32.9 Å². The predicted molar refractivity (Wildman–Crippen MR) is 81.4 cm³/mol. The van der Waals surface area contributed by atoms with Crippen LogP contribution < -0.4 is 5.32 Å². The topological polar surface area (TPSA) is 49.4 Å². The van der Waals surface area contributed by atoms with E-state index in [4.69, 9.17) is 0 Å². The Hall–Kier alpha value is -0.430. The number of fused-ring (bicyclic) bond motifs is 1. The van der Waals surface area contributed by atoms with Gasteiger partial charge in [0.1, 0.15) is 4.21 Å². The Bertz CT molecular complexity index is 582. The molecule has 1 aliphatic carbocycles. The summed E-state index contributed by atoms with van der Waals surface area (Å²) in [6, 6.07) is 1.83. The van der Waals surface area contributed by atoms with E-state index in [0.717, 1.165) is 30.1 Å². The molecule has 112 valence electrons. The Labute approximate surface area is 125 Å². The second-order valence-electron chi connectivity index (χ2n) is 5.98. The summed E-state index contributed by atoms with van der Waals surface area (Å²) in [4.78, 5) is 1.12. The first-order valence-electron chi connectivity index (χ1n) is 7.26. The summed E-state index contributed by atoms with van der Waals surface area (Å²) in [6.45, 7) is 4.18. The molecule has 1 N–H and O–H groups in total. The number of hydrogen-bond donors (Lipinski definition) is 1. The molecule has 2 heterocycles. The van der Waals surface area contributed by atoms with E-state index in [0.29, 0.717) is 16.0 Å². The molecule has 0 aromatic carbocycles. The summed E-state index contributed by atoms with van der Waals surface area (Å²) in [5.74, 6) is 1.20. The minimum absolute atomic E-state index is 0.514. The van der Waals surface area contributed by atoms with Crippen molar-refractivity contribution in [2.45, 2.75) is 36.9 Å². The Morgan fingerprint density at radius 3 is 2.60 bits per heavy atom. The lowest BCUT2D eigenvalue weighted by Crippen LogP contribution is -2.29. The van der Waals surface area contributed by atoms with Crippen LogP contribution in [0.5, 0.6) is 0 Å². The molecule has 6 heteroatoms. The van der Waals surface area contributed by atoms with E-state index < -0.39 is 10.0 Å². The quantitative estimate of drug-likeness (QED) is 0.927. The van der Waals surface area contributed by atoms with Crippen LogP contribution >= 0.6 is 11.3 Å². The zero-order chi connectivity index (χ0) is 14.3. The van der Waals surface area contributed by atoms with Gasteiger partial charge in [0.2, 0.25) is 0 Å². The molecule has 2 aliphatic rings. The molecule has 20 heavy (non-hydrogen) atoms. The molecule has 0 bridgehead atoms. The summed E-state index contributed by atoms with van der Waals surface area (Å²) in [7, 11) is -1.39. The smallest absolute Gasteiger partial charge is 0.252 e. The fourth-order valence-corrected chi connectivity index (χ4v) is 6.78. The number of nitrogens with zero attached hydrogens (tertiary/aromatic N) is 1. The molecule has 4 nitrogen and oxygen atoms in total. The highest BCUT2D eigenvalue weighted by Crippen LogP contribution is 2.40. The lowest BCUT2D eigenvalue weighted by Gasteiger charge is -2.15. The van der Waals surface area contributed by atoms with E-state index in [1.165, 1.54) is 30.6 Å². The van der Waals surface area contributed by atoms with Crippen LogP contribution in [-0.2, 0) is 16.6 Å². The van der Waals surface area contributed by atoms with Crippen LogP contribution in [0, 0.1) is 18.8 Å². The molecular weight excluding hydrogens is 292 g/mol. The number of sulfonamides is 1. The maximum Gasteiger partial charge on any atom is 0.252 e. The summed E-state index contributed by atoms with van der Waals surface area (Å²) in [6.07, 6.45) is 3.67. The van der Waals surface area contributed by atoms with Crippen LogP contribution in [0.2, 0.25) is 0 Å². The maximum atomic E-state index is 12.8. The minimum Gasteiger partial charge on any atom is -0.315 e. The molecular formula is C14H22N2O2S2. The molecule has 2 unspecified atom stereocenters. The molecule has 2 atom stereocenters. The van der Waals surface area contributed by atoms with Gasteiger partial charge in [0.05, 0.1) is 0 Å². The van der Waals surface area contributed by atoms with E-state index in [1.807, 2.05) is 20.0 Å². The van der Waals surface area contributed by atoms with Gasteiger partial charge in [0, 0.05) is 24.5 Å². The van der Waals surface area contributed by atoms with Gasteiger partial charge in [-0.1, -0.05) is 6.42 Å². The number of thiophene rings is 1. The Kier molecular flexibility index (Phi) is 3.92. The molecule has 3 rings (SSSR count). The lowest BCUT2D eigenvalue weighted by atomic mass is 10.0. The molecule has 1 aromatic rings. The van der Waals surface area contributed by atoms with Gasteiger partial charge in [-0.25, -0.2) is 8.42 Å². The highest BCUT2D eigenvalue weighted by Gasteiger charge is 2.41. The number of nitrogens with one attached hydrogen (secondary N) is 1. The van der Waals surface area contributed by atoms with Gasteiger partial charge in [-0.2, -0.15) is 4.31 Å². The Morgan fingerprint density at radius 1 is 1.35 bits per heavy atom. The third kappa shape index (κ3) is 2.43. The van der Waals surface area contributed by atoms with Crippen molar-refractivity contribution in [1.82, 2.24) is 9.62 Å². The third-order valence-electron chi connectivity index (χ3n) is 4.62. The van der Waals surface area contributed by atoms with Crippen LogP contribution in [0.4, 0.5) is 0 Å². The standard InChI is InChI=1S/C14H22N2O2S2/c1-10-6-14(19-13(10)7-15-2)20(17,18)16-8-11-4-3-5-12(11)9-16/h6,11-12,15H,3-5,7-9H2,1-2H3. The van der Waals surface area contributed by atoms with E-state index in [-0.39, 0.29) is 0 Å². The molecule has 1 aliphatic heterocycles. The number of rotatable bonds is 4. The van der Waals surface area contributed by atoms with Crippen molar-refractivity contribution in [3.63, 3.8) is 0 Å². The van der Waals surface area contributed by atoms with Crippen LogP contribution in [0.15, 0.2) is 10.3 Å². The predicted octanol–water partition coefficient (Wildman–Crippen LogP) is 2.20. The molecule has 1 saturated heterocycles. The van der Waals surface area contributed by atoms with Crippen LogP contribution in [0.25, 0.3) is 0 Å². The first kappa shape index (κ1) is 14.5. The van der Waals surface area contributed by atoms with Gasteiger partial charge >= 0.3 is 0 Å². The van der Waals surface area contributed by atoms with Crippen molar-refractivity contribution in [3.8, 4) is 0 Å². The molecule has 1 aromatic heterocycles. The van der Waals surface area contributed by atoms with Gasteiger partial charge in [0.15, 0.2) is 0 Å². The van der Waals surface area contributed by atoms with Crippen molar-refractivity contribution in [3.05, 3.63) is 16.5 Å². The molecule has 0 amide bonds. The minimum atomic E-state index is -3.28. The van der Waals surface area contributed by atoms with Crippen molar-refractivity contribution in [2.24, 2.45) is 11.8 Å². The van der Waals surface area contributed by atoms with Gasteiger partial charge in [-0.15, -0.1) is 11.3 Å². The fourth-order valence-electron chi connectivity index (χ4n) is 3.47. The van der Waals surface area contributed by atoms with E-state index in [2.05, 4.69) is 5.32 Å². The second kappa shape index (κ2) is 5.40. The van der Waals surface area contributed by atoms with Crippen molar-refractivity contribution in [2.75, 3.05) is 20.1 Å². The first-order chi connectivity index (χ1) is 9.52. The summed E-state index contributed by atoms with van der Waals surface area (Å²) >= 11 is 1.41. The molecule has 2 fully saturated rings. The zero-order valence-electron chi connectivity index (χ0n) is 12.1. The highest BCUT2D eigenvalue weighted by atomic mass is 32.2. The molecule has 1 saturated carbocycles. The Balaban J connectivity index is 1.83. The van der Waals surface area contributed by atoms with Crippen molar-refractivity contribution in [1.29, 1.82) is 0 Å². The van der Waals surface area contributed by atoms with E-state index >= 15 is 0 Å². The van der Waals surface area contributed by atoms with Crippen LogP contribution in [0.1, 0.15) is 29.7 Å². The average molecular weight is 314 g/mol. The number of aryl methyl sites for hydroxylation is 1. The average Bonchev–Trinajstić information content (AvgIpc) is 3.04.